The lowest BCUT2D eigenvalue weighted by Crippen LogP contribution is -2.21. The number of nitrogens with zero attached hydrogens (tertiary/aromatic N) is 4. The van der Waals surface area contributed by atoms with E-state index in [4.69, 9.17) is 14.9 Å². The summed E-state index contributed by atoms with van der Waals surface area (Å²) in [6, 6.07) is 35.6. The average Bonchev–Trinajstić information content (AvgIpc) is 3.62. The van der Waals surface area contributed by atoms with Gasteiger partial charge in [0.1, 0.15) is 12.4 Å². The van der Waals surface area contributed by atoms with E-state index in [-0.39, 0.29) is 5.91 Å². The minimum absolute atomic E-state index is 0.169. The Morgan fingerprint density at radius 3 is 2.21 bits per heavy atom. The number of para-hydroxylation sites is 2. The summed E-state index contributed by atoms with van der Waals surface area (Å²) in [5.74, 6) is 1.12. The van der Waals surface area contributed by atoms with Gasteiger partial charge in [-0.25, -0.2) is 4.68 Å². The molecule has 0 atom stereocenters. The highest BCUT2D eigenvalue weighted by atomic mass is 32.2. The third-order valence-electron chi connectivity index (χ3n) is 6.91. The van der Waals surface area contributed by atoms with Crippen molar-refractivity contribution in [3.63, 3.8) is 0 Å². The summed E-state index contributed by atoms with van der Waals surface area (Å²) in [4.78, 5) is 15.0. The number of hydrogen-bond donors (Lipinski definition) is 0. The molecule has 1 amide bonds. The fraction of sp³-hybridized carbons (Fsp3) is 0.0833. The molecule has 0 saturated heterocycles. The minimum atomic E-state index is -0.169. The summed E-state index contributed by atoms with van der Waals surface area (Å²) < 4.78 is 7.53. The van der Waals surface area contributed by atoms with Crippen LogP contribution in [0, 0.1) is 6.92 Å². The van der Waals surface area contributed by atoms with E-state index in [1.807, 2.05) is 102 Å². The van der Waals surface area contributed by atoms with Crippen LogP contribution in [-0.4, -0.2) is 33.8 Å². The van der Waals surface area contributed by atoms with Crippen LogP contribution < -0.4 is 9.75 Å². The number of amides is 1. The van der Waals surface area contributed by atoms with Crippen LogP contribution in [0.2, 0.25) is 0 Å². The van der Waals surface area contributed by atoms with Gasteiger partial charge in [-0.2, -0.15) is 15.2 Å². The van der Waals surface area contributed by atoms with Crippen molar-refractivity contribution in [2.24, 2.45) is 5.10 Å². The van der Waals surface area contributed by atoms with Crippen LogP contribution in [0.25, 0.3) is 23.0 Å². The van der Waals surface area contributed by atoms with Crippen molar-refractivity contribution >= 4 is 35.1 Å². The minimum Gasteiger partial charge on any atom is -0.490 e. The van der Waals surface area contributed by atoms with E-state index in [0.717, 1.165) is 38.8 Å². The molecule has 6 rings (SSSR count). The summed E-state index contributed by atoms with van der Waals surface area (Å²) in [5.41, 5.74) is 6.59. The Hall–Kier alpha value is -5.14. The molecule has 1 aromatic heterocycles. The van der Waals surface area contributed by atoms with Crippen molar-refractivity contribution in [3.8, 4) is 22.7 Å². The Labute approximate surface area is 255 Å². The maximum Gasteiger partial charge on any atom is 0.280 e. The summed E-state index contributed by atoms with van der Waals surface area (Å²) in [6.45, 7) is 6.22. The van der Waals surface area contributed by atoms with E-state index in [1.165, 1.54) is 10.6 Å². The van der Waals surface area contributed by atoms with Crippen molar-refractivity contribution in [1.29, 1.82) is 0 Å². The normalized spacial score (nSPS) is 13.8. The Bertz CT molecular complexity index is 1790. The number of ether oxygens (including phenoxy) is 1. The molecule has 0 N–H and O–H groups in total. The number of rotatable bonds is 10. The quantitative estimate of drug-likeness (QED) is 0.0951. The van der Waals surface area contributed by atoms with Gasteiger partial charge in [0.05, 0.1) is 28.4 Å². The SMILES string of the molecule is C=CCOc1ccc(-c2nn(-c3ccccc3)cc2C=C2C(=O)N(c3ccccc3)N=C2CSc2ccc(C)cc2)cc1. The van der Waals surface area contributed by atoms with Crippen LogP contribution in [0.4, 0.5) is 5.69 Å². The lowest BCUT2D eigenvalue weighted by atomic mass is 10.0. The second-order valence-corrected chi connectivity index (χ2v) is 11.0. The summed E-state index contributed by atoms with van der Waals surface area (Å²) in [7, 11) is 0. The van der Waals surface area contributed by atoms with Crippen molar-refractivity contribution in [2.75, 3.05) is 17.4 Å². The molecule has 5 aromatic rings. The molecule has 0 fully saturated rings. The standard InChI is InChI=1S/C36H30N4O2S/c1-3-22-42-31-18-16-27(17-19-31)35-28(24-39(38-35)29-10-6-4-7-11-29)23-33-34(25-43-32-20-14-26(2)15-21-32)37-40(36(33)41)30-12-8-5-9-13-30/h3-21,23-24H,1,22,25H2,2H3. The number of hydrazone groups is 1. The van der Waals surface area contributed by atoms with Crippen LogP contribution in [0.1, 0.15) is 11.1 Å². The third-order valence-corrected chi connectivity index (χ3v) is 7.93. The van der Waals surface area contributed by atoms with E-state index in [2.05, 4.69) is 37.8 Å². The van der Waals surface area contributed by atoms with E-state index in [1.54, 1.807) is 17.8 Å². The number of benzene rings is 4. The molecule has 0 aliphatic carbocycles. The number of aryl methyl sites for hydroxylation is 1. The molecule has 0 unspecified atom stereocenters. The highest BCUT2D eigenvalue weighted by Crippen LogP contribution is 2.32. The van der Waals surface area contributed by atoms with E-state index >= 15 is 0 Å². The number of carbonyl (C=O) groups is 1. The van der Waals surface area contributed by atoms with E-state index in [0.29, 0.717) is 23.6 Å². The van der Waals surface area contributed by atoms with Gasteiger partial charge < -0.3 is 4.74 Å². The van der Waals surface area contributed by atoms with Crippen molar-refractivity contribution in [1.82, 2.24) is 9.78 Å². The first-order chi connectivity index (χ1) is 21.1. The average molecular weight is 583 g/mol. The van der Waals surface area contributed by atoms with Gasteiger partial charge in [-0.3, -0.25) is 4.79 Å². The van der Waals surface area contributed by atoms with E-state index < -0.39 is 0 Å². The smallest absolute Gasteiger partial charge is 0.280 e. The third kappa shape index (κ3) is 6.37. The molecule has 43 heavy (non-hydrogen) atoms. The van der Waals surface area contributed by atoms with Gasteiger partial charge in [-0.05, 0) is 73.7 Å². The largest absolute Gasteiger partial charge is 0.490 e. The summed E-state index contributed by atoms with van der Waals surface area (Å²) >= 11 is 1.66. The van der Waals surface area contributed by atoms with Crippen LogP contribution >= 0.6 is 11.8 Å². The molecule has 1 aliphatic rings. The molecule has 0 bridgehead atoms. The van der Waals surface area contributed by atoms with Gasteiger partial charge in [-0.15, -0.1) is 11.8 Å². The Morgan fingerprint density at radius 1 is 0.860 bits per heavy atom. The zero-order valence-electron chi connectivity index (χ0n) is 23.8. The fourth-order valence-corrected chi connectivity index (χ4v) is 5.53. The zero-order chi connectivity index (χ0) is 29.6. The number of hydrogen-bond acceptors (Lipinski definition) is 5. The van der Waals surface area contributed by atoms with E-state index in [9.17, 15) is 4.79 Å². The molecule has 0 saturated carbocycles. The topological polar surface area (TPSA) is 59.7 Å². The first kappa shape index (κ1) is 28.0. The van der Waals surface area contributed by atoms with Crippen LogP contribution in [0.3, 0.4) is 0 Å². The molecule has 1 aliphatic heterocycles. The summed E-state index contributed by atoms with van der Waals surface area (Å²) in [6.07, 6.45) is 5.60. The molecule has 4 aromatic carbocycles. The van der Waals surface area contributed by atoms with Gasteiger partial charge in [0, 0.05) is 28.0 Å². The maximum atomic E-state index is 13.9. The second kappa shape index (κ2) is 12.8. The highest BCUT2D eigenvalue weighted by molar-refractivity contribution is 8.00. The second-order valence-electron chi connectivity index (χ2n) is 10.00. The predicted molar refractivity (Wildman–Crippen MR) is 176 cm³/mol. The lowest BCUT2D eigenvalue weighted by Gasteiger charge is -2.11. The zero-order valence-corrected chi connectivity index (χ0v) is 24.6. The van der Waals surface area contributed by atoms with Gasteiger partial charge in [0.25, 0.3) is 5.91 Å². The molecule has 0 spiro atoms. The number of anilines is 1. The highest BCUT2D eigenvalue weighted by Gasteiger charge is 2.31. The predicted octanol–water partition coefficient (Wildman–Crippen LogP) is 7.99. The number of thioether (sulfide) groups is 1. The van der Waals surface area contributed by atoms with Crippen LogP contribution in [-0.2, 0) is 4.79 Å². The van der Waals surface area contributed by atoms with Crippen LogP contribution in [0.5, 0.6) is 5.75 Å². The Morgan fingerprint density at radius 2 is 1.53 bits per heavy atom. The maximum absolute atomic E-state index is 13.9. The molecule has 2 heterocycles. The van der Waals surface area contributed by atoms with Gasteiger partial charge in [0.15, 0.2) is 0 Å². The molecular weight excluding hydrogens is 552 g/mol. The number of aromatic nitrogens is 2. The fourth-order valence-electron chi connectivity index (χ4n) is 4.69. The molecular formula is C36H30N4O2S. The van der Waals surface area contributed by atoms with Gasteiger partial charge in [-0.1, -0.05) is 66.7 Å². The molecule has 0 radical (unpaired) electrons. The Kier molecular flexibility index (Phi) is 8.33. The van der Waals surface area contributed by atoms with Crippen LogP contribution in [0.15, 0.2) is 144 Å². The van der Waals surface area contributed by atoms with Crippen molar-refractivity contribution < 1.29 is 9.53 Å². The molecule has 212 valence electrons. The molecule has 7 heteroatoms. The Balaban J connectivity index is 1.41. The first-order valence-corrected chi connectivity index (χ1v) is 15.0. The van der Waals surface area contributed by atoms with Gasteiger partial charge >= 0.3 is 0 Å². The van der Waals surface area contributed by atoms with Gasteiger partial charge in [0.2, 0.25) is 0 Å². The monoisotopic (exact) mass is 582 g/mol. The lowest BCUT2D eigenvalue weighted by molar-refractivity contribution is -0.114. The van der Waals surface area contributed by atoms with Crippen molar-refractivity contribution in [2.45, 2.75) is 11.8 Å². The van der Waals surface area contributed by atoms with Crippen molar-refractivity contribution in [3.05, 3.63) is 145 Å². The molecule has 6 nitrogen and oxygen atoms in total. The number of carbonyl (C=O) groups excluding carboxylic acids is 1. The first-order valence-electron chi connectivity index (χ1n) is 14.0. The summed E-state index contributed by atoms with van der Waals surface area (Å²) in [5, 5.41) is 11.3.